The molecule has 0 radical (unpaired) electrons. The van der Waals surface area contributed by atoms with Crippen LogP contribution in [0.25, 0.3) is 0 Å². The standard InChI is InChI=1S/C20H23N3O3/c1-13-7-8-14(2)17(11-13)18(24)9-10-19(25)22-15-5-4-6-16(12-15)23-20(26)21-3/h4-8,11-12H,9-10H2,1-3H3,(H,22,25)(H2,21,23,26). The van der Waals surface area contributed by atoms with E-state index in [1.807, 2.05) is 32.0 Å². The molecule has 0 aliphatic heterocycles. The maximum atomic E-state index is 12.3. The molecule has 2 aromatic rings. The van der Waals surface area contributed by atoms with E-state index in [1.54, 1.807) is 24.3 Å². The van der Waals surface area contributed by atoms with Crippen LogP contribution in [0, 0.1) is 13.8 Å². The van der Waals surface area contributed by atoms with Crippen molar-refractivity contribution in [1.82, 2.24) is 5.32 Å². The average Bonchev–Trinajstić information content (AvgIpc) is 2.62. The summed E-state index contributed by atoms with van der Waals surface area (Å²) in [6, 6.07) is 12.2. The molecule has 0 saturated carbocycles. The van der Waals surface area contributed by atoms with E-state index < -0.39 is 0 Å². The maximum absolute atomic E-state index is 12.3. The van der Waals surface area contributed by atoms with Crippen molar-refractivity contribution in [2.75, 3.05) is 17.7 Å². The molecule has 3 N–H and O–H groups in total. The zero-order chi connectivity index (χ0) is 19.1. The fourth-order valence-electron chi connectivity index (χ4n) is 2.49. The van der Waals surface area contributed by atoms with Gasteiger partial charge in [0.05, 0.1) is 0 Å². The summed E-state index contributed by atoms with van der Waals surface area (Å²) >= 11 is 0. The molecular weight excluding hydrogens is 330 g/mol. The lowest BCUT2D eigenvalue weighted by Gasteiger charge is -2.09. The first-order chi connectivity index (χ1) is 12.4. The Morgan fingerprint density at radius 3 is 2.27 bits per heavy atom. The Kier molecular flexibility index (Phi) is 6.49. The number of anilines is 2. The number of hydrogen-bond acceptors (Lipinski definition) is 3. The fraction of sp³-hybridized carbons (Fsp3) is 0.250. The molecule has 0 spiro atoms. The van der Waals surface area contributed by atoms with Crippen LogP contribution in [0.1, 0.15) is 34.3 Å². The van der Waals surface area contributed by atoms with E-state index in [4.69, 9.17) is 0 Å². The number of urea groups is 1. The monoisotopic (exact) mass is 353 g/mol. The molecule has 0 heterocycles. The normalized spacial score (nSPS) is 10.1. The van der Waals surface area contributed by atoms with Gasteiger partial charge in [-0.05, 0) is 43.7 Å². The van der Waals surface area contributed by atoms with Crippen molar-refractivity contribution in [3.63, 3.8) is 0 Å². The van der Waals surface area contributed by atoms with Crippen molar-refractivity contribution in [2.24, 2.45) is 0 Å². The van der Waals surface area contributed by atoms with E-state index in [9.17, 15) is 14.4 Å². The number of benzene rings is 2. The second kappa shape index (κ2) is 8.80. The van der Waals surface area contributed by atoms with Crippen LogP contribution in [0.4, 0.5) is 16.2 Å². The van der Waals surface area contributed by atoms with Gasteiger partial charge in [-0.1, -0.05) is 23.8 Å². The van der Waals surface area contributed by atoms with E-state index in [0.717, 1.165) is 11.1 Å². The summed E-state index contributed by atoms with van der Waals surface area (Å²) in [5, 5.41) is 7.83. The van der Waals surface area contributed by atoms with Gasteiger partial charge in [0.25, 0.3) is 0 Å². The molecule has 0 bridgehead atoms. The van der Waals surface area contributed by atoms with Crippen molar-refractivity contribution < 1.29 is 14.4 Å². The van der Waals surface area contributed by atoms with Crippen molar-refractivity contribution in [2.45, 2.75) is 26.7 Å². The van der Waals surface area contributed by atoms with Gasteiger partial charge in [0.15, 0.2) is 5.78 Å². The minimum absolute atomic E-state index is 0.0450. The SMILES string of the molecule is CNC(=O)Nc1cccc(NC(=O)CCC(=O)c2cc(C)ccc2C)c1. The first-order valence-electron chi connectivity index (χ1n) is 8.38. The smallest absolute Gasteiger partial charge is 0.318 e. The van der Waals surface area contributed by atoms with Gasteiger partial charge in [-0.25, -0.2) is 4.79 Å². The topological polar surface area (TPSA) is 87.3 Å². The molecule has 0 aliphatic carbocycles. The van der Waals surface area contributed by atoms with Crippen molar-refractivity contribution >= 4 is 29.1 Å². The molecule has 2 aromatic carbocycles. The molecule has 2 rings (SSSR count). The van der Waals surface area contributed by atoms with Gasteiger partial charge in [0, 0.05) is 36.8 Å². The molecule has 136 valence electrons. The molecule has 0 saturated heterocycles. The predicted molar refractivity (Wildman–Crippen MR) is 103 cm³/mol. The van der Waals surface area contributed by atoms with Crippen LogP contribution in [0.15, 0.2) is 42.5 Å². The Morgan fingerprint density at radius 1 is 0.885 bits per heavy atom. The van der Waals surface area contributed by atoms with Crippen molar-refractivity contribution in [3.8, 4) is 0 Å². The van der Waals surface area contributed by atoms with Crippen molar-refractivity contribution in [1.29, 1.82) is 0 Å². The van der Waals surface area contributed by atoms with Gasteiger partial charge >= 0.3 is 6.03 Å². The summed E-state index contributed by atoms with van der Waals surface area (Å²) in [7, 11) is 1.52. The van der Waals surface area contributed by atoms with Crippen LogP contribution in [-0.4, -0.2) is 24.8 Å². The Hall–Kier alpha value is -3.15. The zero-order valence-corrected chi connectivity index (χ0v) is 15.2. The number of rotatable bonds is 6. The third-order valence-electron chi connectivity index (χ3n) is 3.90. The molecular formula is C20H23N3O3. The quantitative estimate of drug-likeness (QED) is 0.693. The molecule has 6 nitrogen and oxygen atoms in total. The summed E-state index contributed by atoms with van der Waals surface area (Å²) in [5.41, 5.74) is 3.71. The molecule has 0 fully saturated rings. The molecule has 26 heavy (non-hydrogen) atoms. The van der Waals surface area contributed by atoms with E-state index in [-0.39, 0.29) is 30.6 Å². The summed E-state index contributed by atoms with van der Waals surface area (Å²) in [5.74, 6) is -0.294. The first-order valence-corrected chi connectivity index (χ1v) is 8.38. The summed E-state index contributed by atoms with van der Waals surface area (Å²) < 4.78 is 0. The maximum Gasteiger partial charge on any atom is 0.318 e. The highest BCUT2D eigenvalue weighted by Crippen LogP contribution is 2.17. The molecule has 0 aliphatic rings. The predicted octanol–water partition coefficient (Wildman–Crippen LogP) is 3.66. The van der Waals surface area contributed by atoms with Crippen LogP contribution in [0.3, 0.4) is 0 Å². The minimum Gasteiger partial charge on any atom is -0.341 e. The Balaban J connectivity index is 1.92. The van der Waals surface area contributed by atoms with E-state index in [1.165, 1.54) is 7.05 Å². The van der Waals surface area contributed by atoms with Gasteiger partial charge in [0.2, 0.25) is 5.91 Å². The lowest BCUT2D eigenvalue weighted by Crippen LogP contribution is -2.24. The van der Waals surface area contributed by atoms with Gasteiger partial charge in [-0.15, -0.1) is 0 Å². The number of Topliss-reactive ketones (excluding diaryl/α,β-unsaturated/α-hetero) is 1. The van der Waals surface area contributed by atoms with E-state index in [2.05, 4.69) is 16.0 Å². The van der Waals surface area contributed by atoms with Crippen LogP contribution in [0.2, 0.25) is 0 Å². The third kappa shape index (κ3) is 5.44. The number of amides is 3. The van der Waals surface area contributed by atoms with E-state index >= 15 is 0 Å². The summed E-state index contributed by atoms with van der Waals surface area (Å²) in [4.78, 5) is 35.8. The zero-order valence-electron chi connectivity index (χ0n) is 15.2. The summed E-state index contributed by atoms with van der Waals surface area (Å²) in [6.45, 7) is 3.82. The third-order valence-corrected chi connectivity index (χ3v) is 3.90. The second-order valence-corrected chi connectivity index (χ2v) is 6.07. The minimum atomic E-state index is -0.340. The number of ketones is 1. The number of hydrogen-bond donors (Lipinski definition) is 3. The van der Waals surface area contributed by atoms with E-state index in [0.29, 0.717) is 16.9 Å². The lowest BCUT2D eigenvalue weighted by atomic mass is 9.99. The van der Waals surface area contributed by atoms with Crippen LogP contribution in [0.5, 0.6) is 0 Å². The van der Waals surface area contributed by atoms with Crippen LogP contribution in [-0.2, 0) is 4.79 Å². The highest BCUT2D eigenvalue weighted by Gasteiger charge is 2.12. The molecule has 0 aromatic heterocycles. The molecule has 6 heteroatoms. The summed E-state index contributed by atoms with van der Waals surface area (Å²) in [6.07, 6.45) is 0.242. The lowest BCUT2D eigenvalue weighted by molar-refractivity contribution is -0.116. The highest BCUT2D eigenvalue weighted by molar-refractivity contribution is 6.01. The largest absolute Gasteiger partial charge is 0.341 e. The number of carbonyl (C=O) groups is 3. The Morgan fingerprint density at radius 2 is 1.58 bits per heavy atom. The fourth-order valence-corrected chi connectivity index (χ4v) is 2.49. The molecule has 3 amide bonds. The number of carbonyl (C=O) groups excluding carboxylic acids is 3. The van der Waals surface area contributed by atoms with Gasteiger partial charge in [-0.3, -0.25) is 9.59 Å². The van der Waals surface area contributed by atoms with Gasteiger partial charge in [-0.2, -0.15) is 0 Å². The highest BCUT2D eigenvalue weighted by atomic mass is 16.2. The number of nitrogens with one attached hydrogen (secondary N) is 3. The van der Waals surface area contributed by atoms with Crippen LogP contribution >= 0.6 is 0 Å². The van der Waals surface area contributed by atoms with Crippen LogP contribution < -0.4 is 16.0 Å². The van der Waals surface area contributed by atoms with Crippen molar-refractivity contribution in [3.05, 3.63) is 59.2 Å². The van der Waals surface area contributed by atoms with Gasteiger partial charge < -0.3 is 16.0 Å². The second-order valence-electron chi connectivity index (χ2n) is 6.07. The average molecular weight is 353 g/mol. The number of aryl methyl sites for hydroxylation is 2. The Labute approximate surface area is 153 Å². The van der Waals surface area contributed by atoms with Gasteiger partial charge in [0.1, 0.15) is 0 Å². The molecule has 0 unspecified atom stereocenters. The Bertz CT molecular complexity index is 831. The molecule has 0 atom stereocenters. The first kappa shape index (κ1) is 19.2.